The summed E-state index contributed by atoms with van der Waals surface area (Å²) in [6, 6.07) is 15.0. The molecule has 0 aliphatic heterocycles. The molecule has 0 aliphatic rings. The van der Waals surface area contributed by atoms with Crippen LogP contribution in [-0.2, 0) is 13.0 Å². The van der Waals surface area contributed by atoms with Crippen molar-refractivity contribution in [3.63, 3.8) is 0 Å². The van der Waals surface area contributed by atoms with Crippen molar-refractivity contribution < 1.29 is 4.39 Å². The number of benzene rings is 2. The van der Waals surface area contributed by atoms with E-state index in [-0.39, 0.29) is 5.82 Å². The minimum absolute atomic E-state index is 0.230. The van der Waals surface area contributed by atoms with Crippen molar-refractivity contribution >= 4 is 16.6 Å². The highest BCUT2D eigenvalue weighted by Crippen LogP contribution is 2.24. The van der Waals surface area contributed by atoms with E-state index in [1.165, 1.54) is 28.6 Å². The summed E-state index contributed by atoms with van der Waals surface area (Å²) in [6.07, 6.45) is 2.23. The lowest BCUT2D eigenvalue weighted by molar-refractivity contribution is 0.628. The molecule has 0 amide bonds. The van der Waals surface area contributed by atoms with Crippen molar-refractivity contribution in [2.75, 3.05) is 11.9 Å². The smallest absolute Gasteiger partial charge is 0.123 e. The molecule has 3 heteroatoms. The molecule has 0 bridgehead atoms. The summed E-state index contributed by atoms with van der Waals surface area (Å²) in [7, 11) is 0. The van der Waals surface area contributed by atoms with E-state index in [9.17, 15) is 4.39 Å². The lowest BCUT2D eigenvalue weighted by Gasteiger charge is -2.05. The maximum absolute atomic E-state index is 12.9. The highest BCUT2D eigenvalue weighted by atomic mass is 19.1. The number of rotatable bonds is 5. The third-order valence-electron chi connectivity index (χ3n) is 4.31. The number of aryl methyl sites for hydroxylation is 2. The lowest BCUT2D eigenvalue weighted by Crippen LogP contribution is -2.00. The van der Waals surface area contributed by atoms with Gasteiger partial charge in [-0.05, 0) is 61.2 Å². The molecular formula is C22H23FN2. The van der Waals surface area contributed by atoms with Crippen molar-refractivity contribution in [3.8, 4) is 11.8 Å². The first-order chi connectivity index (χ1) is 12.2. The van der Waals surface area contributed by atoms with E-state index in [0.717, 1.165) is 30.8 Å². The second-order valence-electron chi connectivity index (χ2n) is 6.04. The van der Waals surface area contributed by atoms with Crippen molar-refractivity contribution in [1.82, 2.24) is 4.57 Å². The van der Waals surface area contributed by atoms with Gasteiger partial charge in [-0.25, -0.2) is 4.39 Å². The second-order valence-corrected chi connectivity index (χ2v) is 6.04. The fraction of sp³-hybridized carbons (Fsp3) is 0.273. The molecule has 1 N–H and O–H groups in total. The molecule has 2 aromatic carbocycles. The summed E-state index contributed by atoms with van der Waals surface area (Å²) in [5.74, 6) is 6.23. The monoisotopic (exact) mass is 334 g/mol. The van der Waals surface area contributed by atoms with Crippen molar-refractivity contribution in [2.45, 2.75) is 33.2 Å². The normalized spacial score (nSPS) is 10.5. The van der Waals surface area contributed by atoms with Crippen LogP contribution in [0.2, 0.25) is 0 Å². The zero-order valence-corrected chi connectivity index (χ0v) is 14.8. The van der Waals surface area contributed by atoms with E-state index < -0.39 is 0 Å². The second kappa shape index (κ2) is 7.90. The molecule has 128 valence electrons. The van der Waals surface area contributed by atoms with Gasteiger partial charge in [-0.2, -0.15) is 0 Å². The van der Waals surface area contributed by atoms with Crippen molar-refractivity contribution in [2.24, 2.45) is 0 Å². The minimum Gasteiger partial charge on any atom is -0.374 e. The fourth-order valence-electron chi connectivity index (χ4n) is 3.13. The molecule has 1 heterocycles. The molecule has 2 nitrogen and oxygen atoms in total. The van der Waals surface area contributed by atoms with E-state index in [1.807, 2.05) is 0 Å². The van der Waals surface area contributed by atoms with Crippen molar-refractivity contribution in [3.05, 3.63) is 65.6 Å². The first-order valence-electron chi connectivity index (χ1n) is 8.82. The third-order valence-corrected chi connectivity index (χ3v) is 4.31. The van der Waals surface area contributed by atoms with Gasteiger partial charge in [-0.15, -0.1) is 0 Å². The van der Waals surface area contributed by atoms with Crippen LogP contribution in [0.1, 0.15) is 31.5 Å². The molecule has 0 unspecified atom stereocenters. The van der Waals surface area contributed by atoms with Crippen LogP contribution in [0.4, 0.5) is 10.1 Å². The molecule has 0 radical (unpaired) electrons. The van der Waals surface area contributed by atoms with Crippen LogP contribution in [0, 0.1) is 17.7 Å². The van der Waals surface area contributed by atoms with Crippen molar-refractivity contribution in [1.29, 1.82) is 0 Å². The maximum Gasteiger partial charge on any atom is 0.123 e. The zero-order valence-electron chi connectivity index (χ0n) is 14.8. The van der Waals surface area contributed by atoms with E-state index in [4.69, 9.17) is 0 Å². The Bertz CT molecular complexity index is 911. The van der Waals surface area contributed by atoms with Gasteiger partial charge in [-0.3, -0.25) is 0 Å². The number of nitrogens with one attached hydrogen (secondary N) is 1. The van der Waals surface area contributed by atoms with Gasteiger partial charge in [0.1, 0.15) is 5.82 Å². The van der Waals surface area contributed by atoms with Crippen LogP contribution < -0.4 is 5.32 Å². The van der Waals surface area contributed by atoms with Gasteiger partial charge in [0.05, 0.1) is 12.2 Å². The fourth-order valence-corrected chi connectivity index (χ4v) is 3.13. The van der Waals surface area contributed by atoms with Gasteiger partial charge in [0.15, 0.2) is 0 Å². The zero-order chi connectivity index (χ0) is 17.6. The maximum atomic E-state index is 12.9. The van der Waals surface area contributed by atoms with Crippen LogP contribution in [0.15, 0.2) is 48.5 Å². The van der Waals surface area contributed by atoms with Crippen LogP contribution in [-0.4, -0.2) is 11.1 Å². The summed E-state index contributed by atoms with van der Waals surface area (Å²) in [6.45, 7) is 5.78. The van der Waals surface area contributed by atoms with Crippen LogP contribution in [0.3, 0.4) is 0 Å². The first kappa shape index (κ1) is 17.1. The summed E-state index contributed by atoms with van der Waals surface area (Å²) in [5, 5.41) is 4.50. The minimum atomic E-state index is -0.230. The molecule has 0 saturated carbocycles. The Kier molecular flexibility index (Phi) is 5.40. The number of fused-ring (bicyclic) bond motifs is 1. The van der Waals surface area contributed by atoms with Gasteiger partial charge >= 0.3 is 0 Å². The first-order valence-corrected chi connectivity index (χ1v) is 8.82. The Balaban J connectivity index is 1.81. The molecule has 0 spiro atoms. The topological polar surface area (TPSA) is 17.0 Å². The van der Waals surface area contributed by atoms with Gasteiger partial charge in [0, 0.05) is 23.1 Å². The molecule has 0 fully saturated rings. The number of halogens is 1. The molecule has 3 rings (SSSR count). The largest absolute Gasteiger partial charge is 0.374 e. The summed E-state index contributed by atoms with van der Waals surface area (Å²) >= 11 is 0. The number of anilines is 1. The standard InChI is InChI=1S/C22H23FN2/c1-3-7-17-8-5-10-22-21(17)16-20(25(22)4-2)9-6-15-24-19-13-11-18(23)12-14-19/h5,8,10-14,16,24H,3-4,7,15H2,1-2H3. The van der Waals surface area contributed by atoms with E-state index in [0.29, 0.717) is 6.54 Å². The summed E-state index contributed by atoms with van der Waals surface area (Å²) in [5.41, 5.74) is 4.56. The molecule has 0 aliphatic carbocycles. The summed E-state index contributed by atoms with van der Waals surface area (Å²) in [4.78, 5) is 0. The Labute approximate surface area is 148 Å². The Morgan fingerprint density at radius 3 is 2.60 bits per heavy atom. The van der Waals surface area contributed by atoms with E-state index >= 15 is 0 Å². The van der Waals surface area contributed by atoms with E-state index in [2.05, 4.69) is 59.8 Å². The Morgan fingerprint density at radius 1 is 1.08 bits per heavy atom. The number of hydrogen-bond donors (Lipinski definition) is 1. The van der Waals surface area contributed by atoms with Gasteiger partial charge in [0.2, 0.25) is 0 Å². The summed E-state index contributed by atoms with van der Waals surface area (Å²) < 4.78 is 15.2. The average Bonchev–Trinajstić information content (AvgIpc) is 2.99. The lowest BCUT2D eigenvalue weighted by atomic mass is 10.1. The quantitative estimate of drug-likeness (QED) is 0.633. The molecule has 25 heavy (non-hydrogen) atoms. The molecule has 1 aromatic heterocycles. The van der Waals surface area contributed by atoms with E-state index in [1.54, 1.807) is 12.1 Å². The number of hydrogen-bond acceptors (Lipinski definition) is 1. The van der Waals surface area contributed by atoms with Gasteiger partial charge < -0.3 is 9.88 Å². The highest BCUT2D eigenvalue weighted by molar-refractivity contribution is 5.85. The molecule has 3 aromatic rings. The van der Waals surface area contributed by atoms with Crippen LogP contribution in [0.25, 0.3) is 10.9 Å². The van der Waals surface area contributed by atoms with Gasteiger partial charge in [0.25, 0.3) is 0 Å². The van der Waals surface area contributed by atoms with Crippen LogP contribution in [0.5, 0.6) is 0 Å². The third kappa shape index (κ3) is 3.85. The number of nitrogens with zero attached hydrogens (tertiary/aromatic N) is 1. The van der Waals surface area contributed by atoms with Gasteiger partial charge in [-0.1, -0.05) is 31.4 Å². The molecule has 0 atom stereocenters. The SMILES string of the molecule is CCCc1cccc2c1cc(C#CCNc1ccc(F)cc1)n2CC. The Hall–Kier alpha value is -2.73. The predicted molar refractivity (Wildman–Crippen MR) is 103 cm³/mol. The highest BCUT2D eigenvalue weighted by Gasteiger charge is 2.08. The number of aromatic nitrogens is 1. The predicted octanol–water partition coefficient (Wildman–Crippen LogP) is 5.22. The Morgan fingerprint density at radius 2 is 1.88 bits per heavy atom. The molecular weight excluding hydrogens is 311 g/mol. The molecule has 0 saturated heterocycles. The van der Waals surface area contributed by atoms with Crippen LogP contribution >= 0.6 is 0 Å². The average molecular weight is 334 g/mol.